The van der Waals surface area contributed by atoms with Crippen LogP contribution in [0.25, 0.3) is 0 Å². The van der Waals surface area contributed by atoms with Crippen molar-refractivity contribution in [1.29, 1.82) is 0 Å². The van der Waals surface area contributed by atoms with E-state index < -0.39 is 17.9 Å². The van der Waals surface area contributed by atoms with Gasteiger partial charge in [0.1, 0.15) is 18.5 Å². The number of aromatic nitrogens is 1. The number of pyridine rings is 1. The average molecular weight is 531 g/mol. The largest absolute Gasteiger partial charge is 0.478 e. The highest BCUT2D eigenvalue weighted by Gasteiger charge is 2.31. The number of carboxylic acid groups (broad SMARTS) is 1. The number of rotatable bonds is 4. The SMILES string of the molecule is CC1=C(C(=O)Nc2cc(C(=O)O)ccn2)C(c2ccccc2Cl)N=C(N=C2Nc3cccc(C)c3CO2)N1. The van der Waals surface area contributed by atoms with E-state index in [9.17, 15) is 14.7 Å². The first kappa shape index (κ1) is 25.0. The number of amides is 1. The number of nitrogens with zero attached hydrogens (tertiary/aromatic N) is 3. The zero-order valence-corrected chi connectivity index (χ0v) is 21.2. The number of guanidine groups is 1. The minimum atomic E-state index is -1.13. The van der Waals surface area contributed by atoms with Crippen molar-refractivity contribution in [3.05, 3.63) is 99.3 Å². The molecule has 2 aliphatic rings. The van der Waals surface area contributed by atoms with E-state index in [1.54, 1.807) is 31.2 Å². The van der Waals surface area contributed by atoms with Crippen molar-refractivity contribution in [2.45, 2.75) is 26.5 Å². The number of nitrogens with one attached hydrogen (secondary N) is 3. The molecule has 192 valence electrons. The van der Waals surface area contributed by atoms with E-state index in [2.05, 4.69) is 25.9 Å². The summed E-state index contributed by atoms with van der Waals surface area (Å²) < 4.78 is 5.81. The molecule has 1 atom stereocenters. The Morgan fingerprint density at radius 2 is 1.95 bits per heavy atom. The Labute approximate surface area is 223 Å². The fourth-order valence-corrected chi connectivity index (χ4v) is 4.45. The molecule has 1 amide bonds. The molecule has 10 nitrogen and oxygen atoms in total. The molecule has 11 heteroatoms. The van der Waals surface area contributed by atoms with Crippen molar-refractivity contribution in [3.8, 4) is 0 Å². The van der Waals surface area contributed by atoms with Crippen LogP contribution >= 0.6 is 11.6 Å². The standard InChI is InChI=1S/C27H23ClN6O4/c1-14-6-5-9-20-18(14)13-38-27(31-20)34-26-30-15(2)22(23(33-26)17-7-3-4-8-19(17)28)24(35)32-21-12-16(25(36)37)10-11-29-21/h3-12,23H,13H2,1-2H3,(H,36,37)(H,29,32,35)(H2,30,31,33,34). The van der Waals surface area contributed by atoms with Gasteiger partial charge in [-0.1, -0.05) is 41.9 Å². The average Bonchev–Trinajstić information content (AvgIpc) is 2.89. The fraction of sp³-hybridized carbons (Fsp3) is 0.148. The third-order valence-corrected chi connectivity index (χ3v) is 6.48. The number of anilines is 2. The molecule has 0 saturated carbocycles. The van der Waals surface area contributed by atoms with Crippen LogP contribution < -0.4 is 16.0 Å². The summed E-state index contributed by atoms with van der Waals surface area (Å²) >= 11 is 6.51. The Bertz CT molecular complexity index is 1550. The number of carboxylic acids is 1. The lowest BCUT2D eigenvalue weighted by molar-refractivity contribution is -0.113. The zero-order chi connectivity index (χ0) is 26.8. The van der Waals surface area contributed by atoms with Gasteiger partial charge in [-0.15, -0.1) is 0 Å². The van der Waals surface area contributed by atoms with E-state index >= 15 is 0 Å². The third-order valence-electron chi connectivity index (χ3n) is 6.13. The first-order chi connectivity index (χ1) is 18.3. The van der Waals surface area contributed by atoms with Gasteiger partial charge in [0.15, 0.2) is 0 Å². The number of aromatic carboxylic acids is 1. The Hall–Kier alpha value is -4.70. The van der Waals surface area contributed by atoms with Crippen LogP contribution in [0.1, 0.15) is 40.0 Å². The van der Waals surface area contributed by atoms with Crippen molar-refractivity contribution in [2.75, 3.05) is 10.6 Å². The maximum atomic E-state index is 13.4. The van der Waals surface area contributed by atoms with Crippen LogP contribution in [-0.2, 0) is 16.1 Å². The second-order valence-electron chi connectivity index (χ2n) is 8.66. The van der Waals surface area contributed by atoms with Crippen LogP contribution in [-0.4, -0.2) is 33.9 Å². The molecule has 0 radical (unpaired) electrons. The van der Waals surface area contributed by atoms with Crippen LogP contribution in [0.3, 0.4) is 0 Å². The number of ether oxygens (including phenoxy) is 1. The van der Waals surface area contributed by atoms with Crippen LogP contribution in [0.5, 0.6) is 0 Å². The Morgan fingerprint density at radius 3 is 2.74 bits per heavy atom. The van der Waals surface area contributed by atoms with Crippen molar-refractivity contribution in [2.24, 2.45) is 9.98 Å². The summed E-state index contributed by atoms with van der Waals surface area (Å²) in [6.45, 7) is 4.10. The van der Waals surface area contributed by atoms with E-state index in [4.69, 9.17) is 21.3 Å². The van der Waals surface area contributed by atoms with Gasteiger partial charge >= 0.3 is 5.97 Å². The molecule has 4 N–H and O–H groups in total. The van der Waals surface area contributed by atoms with Crippen molar-refractivity contribution >= 4 is 47.0 Å². The molecule has 38 heavy (non-hydrogen) atoms. The summed E-state index contributed by atoms with van der Waals surface area (Å²) in [6.07, 6.45) is 1.31. The van der Waals surface area contributed by atoms with Crippen molar-refractivity contribution in [1.82, 2.24) is 10.3 Å². The van der Waals surface area contributed by atoms with Gasteiger partial charge < -0.3 is 25.8 Å². The number of aryl methyl sites for hydroxylation is 1. The second kappa shape index (κ2) is 10.3. The first-order valence-corrected chi connectivity index (χ1v) is 12.1. The normalized spacial score (nSPS) is 17.5. The van der Waals surface area contributed by atoms with Crippen LogP contribution in [0.2, 0.25) is 5.02 Å². The summed E-state index contributed by atoms with van der Waals surface area (Å²) in [5, 5.41) is 18.6. The number of benzene rings is 2. The number of hydrogen-bond donors (Lipinski definition) is 4. The molecule has 3 aromatic rings. The minimum absolute atomic E-state index is 0.00157. The molecule has 1 unspecified atom stereocenters. The molecule has 2 aromatic carbocycles. The van der Waals surface area contributed by atoms with E-state index in [1.165, 1.54) is 18.3 Å². The van der Waals surface area contributed by atoms with Crippen LogP contribution in [0.15, 0.2) is 82.0 Å². The van der Waals surface area contributed by atoms with Crippen molar-refractivity contribution in [3.63, 3.8) is 0 Å². The smallest absolute Gasteiger partial charge is 0.335 e. The van der Waals surface area contributed by atoms with Gasteiger partial charge in [0, 0.05) is 33.7 Å². The van der Waals surface area contributed by atoms with E-state index in [-0.39, 0.29) is 28.9 Å². The van der Waals surface area contributed by atoms with E-state index in [0.29, 0.717) is 22.9 Å². The number of fused-ring (bicyclic) bond motifs is 1. The molecule has 0 fully saturated rings. The second-order valence-corrected chi connectivity index (χ2v) is 9.07. The summed E-state index contributed by atoms with van der Waals surface area (Å²) in [6, 6.07) is 15.1. The quantitative estimate of drug-likeness (QED) is 0.385. The zero-order valence-electron chi connectivity index (χ0n) is 20.4. The number of carbonyl (C=O) groups is 2. The first-order valence-electron chi connectivity index (χ1n) is 11.7. The number of carbonyl (C=O) groups excluding carboxylic acids is 1. The van der Waals surface area contributed by atoms with Gasteiger partial charge in [0.2, 0.25) is 5.96 Å². The maximum absolute atomic E-state index is 13.4. The summed E-state index contributed by atoms with van der Waals surface area (Å²) in [4.78, 5) is 38.1. The van der Waals surface area contributed by atoms with Gasteiger partial charge in [0.05, 0.1) is 11.1 Å². The van der Waals surface area contributed by atoms with E-state index in [1.807, 2.05) is 25.1 Å². The molecule has 0 aliphatic carbocycles. The summed E-state index contributed by atoms with van der Waals surface area (Å²) in [5.74, 6) is -1.32. The summed E-state index contributed by atoms with van der Waals surface area (Å²) in [5.41, 5.74) is 4.43. The number of hydrogen-bond acceptors (Lipinski definition) is 7. The lowest BCUT2D eigenvalue weighted by Crippen LogP contribution is -2.34. The predicted molar refractivity (Wildman–Crippen MR) is 144 cm³/mol. The maximum Gasteiger partial charge on any atom is 0.335 e. The highest BCUT2D eigenvalue weighted by molar-refractivity contribution is 6.31. The lowest BCUT2D eigenvalue weighted by Gasteiger charge is -2.26. The summed E-state index contributed by atoms with van der Waals surface area (Å²) in [7, 11) is 0. The van der Waals surface area contributed by atoms with E-state index in [0.717, 1.165) is 16.8 Å². The molecule has 5 rings (SSSR count). The number of amidine groups is 1. The topological polar surface area (TPSA) is 137 Å². The molecule has 1 aromatic heterocycles. The monoisotopic (exact) mass is 530 g/mol. The molecule has 0 spiro atoms. The van der Waals surface area contributed by atoms with Gasteiger partial charge in [-0.25, -0.2) is 14.8 Å². The van der Waals surface area contributed by atoms with Crippen LogP contribution in [0, 0.1) is 6.92 Å². The van der Waals surface area contributed by atoms with Crippen molar-refractivity contribution < 1.29 is 19.4 Å². The van der Waals surface area contributed by atoms with Crippen LogP contribution in [0.4, 0.5) is 11.5 Å². The molecule has 2 aliphatic heterocycles. The highest BCUT2D eigenvalue weighted by Crippen LogP contribution is 2.35. The highest BCUT2D eigenvalue weighted by atomic mass is 35.5. The number of halogens is 1. The number of allylic oxidation sites excluding steroid dienone is 1. The Kier molecular flexibility index (Phi) is 6.80. The Morgan fingerprint density at radius 1 is 1.13 bits per heavy atom. The fourth-order valence-electron chi connectivity index (χ4n) is 4.21. The minimum Gasteiger partial charge on any atom is -0.478 e. The molecular weight excluding hydrogens is 508 g/mol. The van der Waals surface area contributed by atoms with Gasteiger partial charge in [-0.3, -0.25) is 4.79 Å². The molecule has 3 heterocycles. The molecule has 0 bridgehead atoms. The Balaban J connectivity index is 1.48. The lowest BCUT2D eigenvalue weighted by atomic mass is 9.95. The third kappa shape index (κ3) is 5.07. The molecule has 0 saturated heterocycles. The molecular formula is C27H23ClN6O4. The van der Waals surface area contributed by atoms with Gasteiger partial charge in [-0.05, 0) is 43.7 Å². The van der Waals surface area contributed by atoms with Gasteiger partial charge in [-0.2, -0.15) is 4.99 Å². The number of aliphatic imine (C=N–C) groups is 2. The van der Waals surface area contributed by atoms with Gasteiger partial charge in [0.25, 0.3) is 11.9 Å². The predicted octanol–water partition coefficient (Wildman–Crippen LogP) is 4.65.